The number of hydrogen-bond donors (Lipinski definition) is 0. The predicted molar refractivity (Wildman–Crippen MR) is 67.2 cm³/mol. The third-order valence-electron chi connectivity index (χ3n) is 3.03. The van der Waals surface area contributed by atoms with Gasteiger partial charge in [-0.1, -0.05) is 32.8 Å². The Labute approximate surface area is 90.7 Å². The normalized spacial score (nSPS) is 11.6. The first kappa shape index (κ1) is 13.9. The minimum atomic E-state index is -1.33. The van der Waals surface area contributed by atoms with Gasteiger partial charge in [-0.3, -0.25) is 0 Å². The Morgan fingerprint density at radius 3 is 2.21 bits per heavy atom. The average molecular weight is 214 g/mol. The second kappa shape index (κ2) is 8.24. The summed E-state index contributed by atoms with van der Waals surface area (Å²) in [5.41, 5.74) is 0. The predicted octanol–water partition coefficient (Wildman–Crippen LogP) is 4.36. The van der Waals surface area contributed by atoms with Crippen LogP contribution in [0.5, 0.6) is 0 Å². The van der Waals surface area contributed by atoms with Crippen LogP contribution in [-0.2, 0) is 4.43 Å². The monoisotopic (exact) mass is 214 g/mol. The molecule has 0 bridgehead atoms. The number of allylic oxidation sites excluding steroid dienone is 1. The molecule has 0 spiro atoms. The summed E-state index contributed by atoms with van der Waals surface area (Å²) in [7, 11) is -1.33. The quantitative estimate of drug-likeness (QED) is 0.315. The maximum Gasteiger partial charge on any atom is 0.192 e. The van der Waals surface area contributed by atoms with Crippen molar-refractivity contribution in [1.82, 2.24) is 0 Å². The first-order valence-electron chi connectivity index (χ1n) is 5.99. The van der Waals surface area contributed by atoms with Crippen molar-refractivity contribution in [2.24, 2.45) is 0 Å². The lowest BCUT2D eigenvalue weighted by Gasteiger charge is -2.28. The summed E-state index contributed by atoms with van der Waals surface area (Å²) in [5, 5.41) is 0. The third-order valence-corrected chi connectivity index (χ3v) is 7.77. The molecule has 2 heteroatoms. The van der Waals surface area contributed by atoms with Crippen molar-refractivity contribution in [3.63, 3.8) is 0 Å². The first-order chi connectivity index (χ1) is 6.74. The fourth-order valence-corrected chi connectivity index (χ4v) is 5.19. The zero-order valence-corrected chi connectivity index (χ0v) is 11.1. The Kier molecular flexibility index (Phi) is 8.19. The van der Waals surface area contributed by atoms with Crippen LogP contribution in [0.25, 0.3) is 0 Å². The highest BCUT2D eigenvalue weighted by Crippen LogP contribution is 2.24. The van der Waals surface area contributed by atoms with E-state index in [0.29, 0.717) is 0 Å². The van der Waals surface area contributed by atoms with E-state index in [-0.39, 0.29) is 0 Å². The molecule has 0 atom stereocenters. The van der Waals surface area contributed by atoms with E-state index in [1.807, 2.05) is 6.08 Å². The Bertz CT molecular complexity index is 141. The standard InChI is InChI=1S/C12H26OSi/c1-5-9-10-11-12-14(7-3,8-4)13-6-2/h5H,1,6-12H2,2-4H3. The van der Waals surface area contributed by atoms with Gasteiger partial charge in [0.2, 0.25) is 0 Å². The molecule has 0 aliphatic carbocycles. The van der Waals surface area contributed by atoms with Gasteiger partial charge in [0.25, 0.3) is 0 Å². The van der Waals surface area contributed by atoms with Gasteiger partial charge < -0.3 is 4.43 Å². The summed E-state index contributed by atoms with van der Waals surface area (Å²) >= 11 is 0. The highest BCUT2D eigenvalue weighted by atomic mass is 28.4. The van der Waals surface area contributed by atoms with Crippen LogP contribution in [0.15, 0.2) is 12.7 Å². The highest BCUT2D eigenvalue weighted by Gasteiger charge is 2.29. The molecule has 0 amide bonds. The van der Waals surface area contributed by atoms with E-state index in [2.05, 4.69) is 27.4 Å². The van der Waals surface area contributed by atoms with Gasteiger partial charge in [0, 0.05) is 6.61 Å². The molecule has 14 heavy (non-hydrogen) atoms. The lowest BCUT2D eigenvalue weighted by atomic mass is 10.2. The fourth-order valence-electron chi connectivity index (χ4n) is 1.92. The summed E-state index contributed by atoms with van der Waals surface area (Å²) in [6.07, 6.45) is 5.77. The van der Waals surface area contributed by atoms with Crippen LogP contribution in [0.4, 0.5) is 0 Å². The minimum Gasteiger partial charge on any atom is -0.417 e. The van der Waals surface area contributed by atoms with E-state index < -0.39 is 8.32 Å². The molecule has 0 saturated carbocycles. The van der Waals surface area contributed by atoms with Gasteiger partial charge in [-0.2, -0.15) is 0 Å². The molecule has 0 aromatic rings. The van der Waals surface area contributed by atoms with Crippen LogP contribution in [0.2, 0.25) is 18.1 Å². The molecule has 0 N–H and O–H groups in total. The molecular weight excluding hydrogens is 188 g/mol. The van der Waals surface area contributed by atoms with Crippen LogP contribution in [-0.4, -0.2) is 14.9 Å². The summed E-state index contributed by atoms with van der Waals surface area (Å²) < 4.78 is 6.02. The molecule has 0 heterocycles. The Balaban J connectivity index is 3.87. The molecular formula is C12H26OSi. The van der Waals surface area contributed by atoms with Gasteiger partial charge in [-0.25, -0.2) is 0 Å². The number of hydrogen-bond acceptors (Lipinski definition) is 1. The van der Waals surface area contributed by atoms with Crippen LogP contribution in [0, 0.1) is 0 Å². The fraction of sp³-hybridized carbons (Fsp3) is 0.833. The van der Waals surface area contributed by atoms with E-state index in [4.69, 9.17) is 4.43 Å². The SMILES string of the molecule is C=CCCCC[Si](CC)(CC)OCC. The van der Waals surface area contributed by atoms with Crippen molar-refractivity contribution in [3.8, 4) is 0 Å². The average Bonchev–Trinajstić information content (AvgIpc) is 2.23. The maximum absolute atomic E-state index is 6.02. The summed E-state index contributed by atoms with van der Waals surface area (Å²) in [5.74, 6) is 0. The topological polar surface area (TPSA) is 9.23 Å². The maximum atomic E-state index is 6.02. The van der Waals surface area contributed by atoms with E-state index in [0.717, 1.165) is 13.0 Å². The Morgan fingerprint density at radius 2 is 1.79 bits per heavy atom. The summed E-state index contributed by atoms with van der Waals surface area (Å²) in [6, 6.07) is 3.87. The lowest BCUT2D eigenvalue weighted by Crippen LogP contribution is -2.36. The molecule has 0 fully saturated rings. The Morgan fingerprint density at radius 1 is 1.14 bits per heavy atom. The van der Waals surface area contributed by atoms with Gasteiger partial charge >= 0.3 is 0 Å². The van der Waals surface area contributed by atoms with Gasteiger partial charge in [0.1, 0.15) is 0 Å². The molecule has 0 saturated heterocycles. The zero-order valence-electron chi connectivity index (χ0n) is 10.1. The van der Waals surface area contributed by atoms with Gasteiger partial charge in [0.15, 0.2) is 8.32 Å². The lowest BCUT2D eigenvalue weighted by molar-refractivity contribution is 0.318. The van der Waals surface area contributed by atoms with Crippen molar-refractivity contribution < 1.29 is 4.43 Å². The van der Waals surface area contributed by atoms with E-state index in [1.54, 1.807) is 0 Å². The van der Waals surface area contributed by atoms with Crippen molar-refractivity contribution in [2.75, 3.05) is 6.61 Å². The second-order valence-corrected chi connectivity index (χ2v) is 8.43. The molecule has 0 rings (SSSR count). The molecule has 0 aromatic carbocycles. The molecule has 0 aromatic heterocycles. The minimum absolute atomic E-state index is 0.898. The Hall–Kier alpha value is -0.0831. The molecule has 84 valence electrons. The van der Waals surface area contributed by atoms with Crippen LogP contribution < -0.4 is 0 Å². The van der Waals surface area contributed by atoms with E-state index in [9.17, 15) is 0 Å². The molecule has 0 aliphatic heterocycles. The van der Waals surface area contributed by atoms with Crippen LogP contribution >= 0.6 is 0 Å². The first-order valence-corrected chi connectivity index (χ1v) is 8.52. The highest BCUT2D eigenvalue weighted by molar-refractivity contribution is 6.73. The van der Waals surface area contributed by atoms with Crippen molar-refractivity contribution in [1.29, 1.82) is 0 Å². The zero-order chi connectivity index (χ0) is 10.9. The van der Waals surface area contributed by atoms with Crippen LogP contribution in [0.3, 0.4) is 0 Å². The van der Waals surface area contributed by atoms with E-state index >= 15 is 0 Å². The molecule has 0 aliphatic rings. The van der Waals surface area contributed by atoms with E-state index in [1.165, 1.54) is 31.0 Å². The molecule has 0 radical (unpaired) electrons. The molecule has 1 nitrogen and oxygen atoms in total. The largest absolute Gasteiger partial charge is 0.417 e. The van der Waals surface area contributed by atoms with Crippen molar-refractivity contribution >= 4 is 8.32 Å². The summed E-state index contributed by atoms with van der Waals surface area (Å²) in [4.78, 5) is 0. The molecule has 0 unspecified atom stereocenters. The van der Waals surface area contributed by atoms with Gasteiger partial charge in [-0.15, -0.1) is 6.58 Å². The van der Waals surface area contributed by atoms with Gasteiger partial charge in [-0.05, 0) is 31.5 Å². The van der Waals surface area contributed by atoms with Crippen molar-refractivity contribution in [3.05, 3.63) is 12.7 Å². The summed E-state index contributed by atoms with van der Waals surface area (Å²) in [6.45, 7) is 11.4. The van der Waals surface area contributed by atoms with Crippen molar-refractivity contribution in [2.45, 2.75) is 58.2 Å². The number of unbranched alkanes of at least 4 members (excludes halogenated alkanes) is 2. The smallest absolute Gasteiger partial charge is 0.192 e. The van der Waals surface area contributed by atoms with Crippen LogP contribution in [0.1, 0.15) is 40.0 Å². The van der Waals surface area contributed by atoms with Gasteiger partial charge in [0.05, 0.1) is 0 Å². The third kappa shape index (κ3) is 4.96. The second-order valence-electron chi connectivity index (χ2n) is 3.86. The number of rotatable bonds is 9.